The number of isothiocyanates is 2. The Kier molecular flexibility index (Phi) is 33.8. The minimum atomic E-state index is 0. The van der Waals surface area contributed by atoms with Crippen molar-refractivity contribution in [3.63, 3.8) is 0 Å². The van der Waals surface area contributed by atoms with Crippen molar-refractivity contribution in [3.8, 4) is 0 Å². The second kappa shape index (κ2) is 39.9. The minimum absolute atomic E-state index is 0. The van der Waals surface area contributed by atoms with E-state index in [4.69, 9.17) is 10.8 Å². The van der Waals surface area contributed by atoms with E-state index < -0.39 is 0 Å². The third-order valence-electron chi connectivity index (χ3n) is 10.1. The molecule has 4 aromatic heterocycles. The van der Waals surface area contributed by atoms with Crippen molar-refractivity contribution in [2.24, 2.45) is 0 Å². The smallest absolute Gasteiger partial charge is 0.753 e. The first-order valence-corrected chi connectivity index (χ1v) is 23.2. The predicted octanol–water partition coefficient (Wildman–Crippen LogP) is 14.3. The molecule has 0 N–H and O–H groups in total. The predicted molar refractivity (Wildman–Crippen MR) is 283 cm³/mol. The molecule has 4 heterocycles. The molecule has 8 aromatic rings. The SMILES string of the molecule is [Co+2].[N-]=C=S.[N-]=C=S.c1ccc(CCCc2ccncc2)cc1.c1ccc(CCCc2ccncc2)cc1.c1ccc(CCCc2ccncc2)cc1.c1ccc(CCCc2ccncc2)cc1. The molecule has 0 aliphatic rings. The van der Waals surface area contributed by atoms with Gasteiger partial charge in [0.15, 0.2) is 0 Å². The second-order valence-electron chi connectivity index (χ2n) is 15.0. The molecule has 0 aliphatic heterocycles. The van der Waals surface area contributed by atoms with Gasteiger partial charge in [0.05, 0.1) is 0 Å². The Morgan fingerprint density at radius 2 is 0.403 bits per heavy atom. The van der Waals surface area contributed by atoms with Crippen LogP contribution in [0.2, 0.25) is 0 Å². The third kappa shape index (κ3) is 29.7. The number of rotatable bonds is 16. The van der Waals surface area contributed by atoms with E-state index >= 15 is 0 Å². The van der Waals surface area contributed by atoms with Gasteiger partial charge in [0, 0.05) is 49.6 Å². The van der Waals surface area contributed by atoms with Crippen LogP contribution in [-0.4, -0.2) is 30.3 Å². The Balaban J connectivity index is 0.000000293. The zero-order valence-corrected chi connectivity index (χ0v) is 40.8. The van der Waals surface area contributed by atoms with E-state index in [1.807, 2.05) is 49.6 Å². The standard InChI is InChI=1S/4C14H15N.2CNS.Co/c4*1-2-5-13(6-3-1)7-4-8-14-9-11-15-12-10-14;2*2-1-3;/h4*1-3,5-6,9-12H,4,7-8H2;;;/q;;;;2*-1;+2. The summed E-state index contributed by atoms with van der Waals surface area (Å²) in [6.07, 6.45) is 28.9. The van der Waals surface area contributed by atoms with Gasteiger partial charge in [0.25, 0.3) is 0 Å². The van der Waals surface area contributed by atoms with Crippen LogP contribution in [0.3, 0.4) is 0 Å². The van der Waals surface area contributed by atoms with Gasteiger partial charge in [-0.25, -0.2) is 0 Å². The molecule has 0 unspecified atom stereocenters. The van der Waals surface area contributed by atoms with Crippen LogP contribution < -0.4 is 0 Å². The zero-order valence-electron chi connectivity index (χ0n) is 38.1. The van der Waals surface area contributed by atoms with Crippen LogP contribution in [0.1, 0.15) is 70.2 Å². The number of hydrogen-bond acceptors (Lipinski definition) is 6. The van der Waals surface area contributed by atoms with E-state index in [0.29, 0.717) is 0 Å². The molecule has 0 spiro atoms. The fourth-order valence-corrected chi connectivity index (χ4v) is 6.76. The fourth-order valence-electron chi connectivity index (χ4n) is 6.76. The van der Waals surface area contributed by atoms with Crippen LogP contribution in [-0.2, 0) is 68.1 Å². The van der Waals surface area contributed by atoms with Gasteiger partial charge in [-0.2, -0.15) is 10.3 Å². The minimum Gasteiger partial charge on any atom is -0.753 e. The van der Waals surface area contributed by atoms with Crippen LogP contribution in [0.25, 0.3) is 10.8 Å². The van der Waals surface area contributed by atoms with Gasteiger partial charge in [-0.05, 0) is 170 Å². The summed E-state index contributed by atoms with van der Waals surface area (Å²) in [5.74, 6) is 0. The molecule has 6 nitrogen and oxygen atoms in total. The number of aromatic nitrogens is 4. The van der Waals surface area contributed by atoms with Crippen molar-refractivity contribution in [3.05, 3.63) is 275 Å². The Labute approximate surface area is 420 Å². The summed E-state index contributed by atoms with van der Waals surface area (Å²) in [6, 6.07) is 59.2. The molecular formula is C58H60CoN6S2. The first-order chi connectivity index (χ1) is 32.6. The van der Waals surface area contributed by atoms with Gasteiger partial charge >= 0.3 is 16.8 Å². The maximum Gasteiger partial charge on any atom is 2.00 e. The van der Waals surface area contributed by atoms with Crippen LogP contribution in [0.4, 0.5) is 0 Å². The summed E-state index contributed by atoms with van der Waals surface area (Å²) < 4.78 is 0. The molecule has 0 saturated carbocycles. The molecule has 343 valence electrons. The average molecular weight is 964 g/mol. The van der Waals surface area contributed by atoms with Crippen LogP contribution in [0, 0.1) is 0 Å². The number of hydrogen-bond donors (Lipinski definition) is 0. The number of aryl methyl sites for hydroxylation is 8. The summed E-state index contributed by atoms with van der Waals surface area (Å²) >= 11 is 7.40. The summed E-state index contributed by atoms with van der Waals surface area (Å²) in [5.41, 5.74) is 11.2. The van der Waals surface area contributed by atoms with E-state index in [1.165, 1.54) is 80.5 Å². The summed E-state index contributed by atoms with van der Waals surface area (Å²) in [6.45, 7) is 0. The number of benzene rings is 4. The van der Waals surface area contributed by atoms with Crippen molar-refractivity contribution >= 4 is 34.8 Å². The van der Waals surface area contributed by atoms with Gasteiger partial charge in [0.2, 0.25) is 0 Å². The summed E-state index contributed by atoms with van der Waals surface area (Å²) in [5, 5.41) is 16.9. The van der Waals surface area contributed by atoms with Crippen LogP contribution >= 0.6 is 24.4 Å². The van der Waals surface area contributed by atoms with Gasteiger partial charge < -0.3 is 10.8 Å². The van der Waals surface area contributed by atoms with Gasteiger partial charge in [-0.1, -0.05) is 146 Å². The van der Waals surface area contributed by atoms with Crippen molar-refractivity contribution in [2.45, 2.75) is 77.0 Å². The van der Waals surface area contributed by atoms with E-state index in [9.17, 15) is 0 Å². The number of nitrogens with zero attached hydrogens (tertiary/aromatic N) is 6. The van der Waals surface area contributed by atoms with Gasteiger partial charge in [-0.15, -0.1) is 0 Å². The topological polar surface area (TPSA) is 96.2 Å². The molecule has 0 saturated heterocycles. The second-order valence-corrected chi connectivity index (χ2v) is 15.3. The van der Waals surface area contributed by atoms with Crippen LogP contribution in [0.15, 0.2) is 219 Å². The monoisotopic (exact) mass is 963 g/mol. The fraction of sp³-hybridized carbons (Fsp3) is 0.207. The Bertz CT molecular complexity index is 1900. The van der Waals surface area contributed by atoms with E-state index in [0.717, 1.165) is 51.4 Å². The molecule has 8 rings (SSSR count). The zero-order chi connectivity index (χ0) is 46.8. The summed E-state index contributed by atoms with van der Waals surface area (Å²) in [4.78, 5) is 16.0. The van der Waals surface area contributed by atoms with E-state index in [-0.39, 0.29) is 16.8 Å². The molecule has 0 atom stereocenters. The third-order valence-corrected chi connectivity index (χ3v) is 10.1. The van der Waals surface area contributed by atoms with Crippen molar-refractivity contribution in [1.29, 1.82) is 0 Å². The van der Waals surface area contributed by atoms with Gasteiger partial charge in [-0.3, -0.25) is 19.9 Å². The molecule has 0 amide bonds. The van der Waals surface area contributed by atoms with E-state index in [2.05, 4.69) is 214 Å². The number of thiocarbonyl (C=S) groups is 2. The van der Waals surface area contributed by atoms with Crippen molar-refractivity contribution < 1.29 is 16.8 Å². The summed E-state index contributed by atoms with van der Waals surface area (Å²) in [7, 11) is 0. The maximum absolute atomic E-state index is 7.13. The Morgan fingerprint density at radius 1 is 0.269 bits per heavy atom. The van der Waals surface area contributed by atoms with Crippen molar-refractivity contribution in [1.82, 2.24) is 19.9 Å². The first kappa shape index (κ1) is 56.7. The molecule has 0 bridgehead atoms. The Hall–Kier alpha value is -6.41. The molecule has 1 radical (unpaired) electrons. The first-order valence-electron chi connectivity index (χ1n) is 22.4. The normalized spacial score (nSPS) is 9.31. The molecule has 9 heteroatoms. The quantitative estimate of drug-likeness (QED) is 0.0707. The molecule has 0 fully saturated rings. The molecule has 67 heavy (non-hydrogen) atoms. The van der Waals surface area contributed by atoms with Crippen molar-refractivity contribution in [2.75, 3.05) is 0 Å². The van der Waals surface area contributed by atoms with E-state index in [1.54, 1.807) is 0 Å². The maximum atomic E-state index is 7.13. The Morgan fingerprint density at radius 3 is 0.552 bits per heavy atom. The van der Waals surface area contributed by atoms with Gasteiger partial charge in [0.1, 0.15) is 0 Å². The average Bonchev–Trinajstić information content (AvgIpc) is 3.38. The largest absolute Gasteiger partial charge is 2.00 e. The number of pyridine rings is 4. The molecule has 4 aromatic carbocycles. The van der Waals surface area contributed by atoms with Crippen LogP contribution in [0.5, 0.6) is 0 Å². The molecule has 0 aliphatic carbocycles. The molecular weight excluding hydrogens is 904 g/mol.